The van der Waals surface area contributed by atoms with E-state index >= 15 is 0 Å². The normalized spacial score (nSPS) is 13.1. The lowest BCUT2D eigenvalue weighted by Crippen LogP contribution is -2.35. The molecule has 0 bridgehead atoms. The zero-order valence-corrected chi connectivity index (χ0v) is 11.5. The number of hydrogen-bond acceptors (Lipinski definition) is 4. The van der Waals surface area contributed by atoms with Gasteiger partial charge in [-0.05, 0) is 25.1 Å². The number of benzene rings is 1. The number of hydrogen-bond donors (Lipinski definition) is 2. The van der Waals surface area contributed by atoms with Crippen molar-refractivity contribution in [3.63, 3.8) is 0 Å². The molecule has 5 nitrogen and oxygen atoms in total. The van der Waals surface area contributed by atoms with E-state index in [4.69, 9.17) is 16.7 Å². The Balaban J connectivity index is 3.10. The second kappa shape index (κ2) is 5.69. The molecule has 0 aromatic heterocycles. The average molecular weight is 292 g/mol. The summed E-state index contributed by atoms with van der Waals surface area (Å²) in [6, 6.07) is 3.60. The number of sulfone groups is 1. The quantitative estimate of drug-likeness (QED) is 0.861. The highest BCUT2D eigenvalue weighted by Crippen LogP contribution is 2.22. The lowest BCUT2D eigenvalue weighted by atomic mass is 10.2. The van der Waals surface area contributed by atoms with Crippen LogP contribution in [0, 0.1) is 0 Å². The van der Waals surface area contributed by atoms with Gasteiger partial charge >= 0.3 is 0 Å². The summed E-state index contributed by atoms with van der Waals surface area (Å²) in [4.78, 5) is 11.7. The average Bonchev–Trinajstić information content (AvgIpc) is 2.27. The van der Waals surface area contributed by atoms with Gasteiger partial charge in [-0.15, -0.1) is 0 Å². The van der Waals surface area contributed by atoms with E-state index in [-0.39, 0.29) is 22.1 Å². The number of carbonyl (C=O) groups is 1. The number of aliphatic hydroxyl groups is 1. The summed E-state index contributed by atoms with van der Waals surface area (Å²) in [6.45, 7) is 1.43. The molecule has 0 heterocycles. The van der Waals surface area contributed by atoms with E-state index in [1.165, 1.54) is 18.2 Å². The minimum atomic E-state index is -3.48. The fourth-order valence-corrected chi connectivity index (χ4v) is 2.58. The number of aliphatic hydroxyl groups excluding tert-OH is 1. The standard InChI is InChI=1S/C11H14ClNO4S/c1-7(6-14)13-11(15)8-3-4-9(12)10(5-8)18(2,16)17/h3-5,7,14H,6H2,1-2H3,(H,13,15)/t7-/m1/s1. The molecule has 1 rings (SSSR count). The van der Waals surface area contributed by atoms with Crippen LogP contribution in [0.3, 0.4) is 0 Å². The van der Waals surface area contributed by atoms with Gasteiger partial charge in [-0.2, -0.15) is 0 Å². The third kappa shape index (κ3) is 3.69. The van der Waals surface area contributed by atoms with Crippen molar-refractivity contribution >= 4 is 27.3 Å². The first-order chi connectivity index (χ1) is 8.25. The predicted molar refractivity (Wildman–Crippen MR) is 68.6 cm³/mol. The highest BCUT2D eigenvalue weighted by atomic mass is 35.5. The van der Waals surface area contributed by atoms with E-state index in [9.17, 15) is 13.2 Å². The molecule has 0 fully saturated rings. The molecule has 2 N–H and O–H groups in total. The fraction of sp³-hybridized carbons (Fsp3) is 0.364. The van der Waals surface area contributed by atoms with Crippen molar-refractivity contribution in [1.82, 2.24) is 5.32 Å². The van der Waals surface area contributed by atoms with Crippen LogP contribution in [0.1, 0.15) is 17.3 Å². The molecule has 0 aliphatic heterocycles. The van der Waals surface area contributed by atoms with Crippen LogP contribution < -0.4 is 5.32 Å². The largest absolute Gasteiger partial charge is 0.394 e. The SMILES string of the molecule is C[C@H](CO)NC(=O)c1ccc(Cl)c(S(C)(=O)=O)c1. The highest BCUT2D eigenvalue weighted by Gasteiger charge is 2.16. The van der Waals surface area contributed by atoms with Gasteiger partial charge in [0.1, 0.15) is 0 Å². The molecule has 7 heteroatoms. The molecule has 1 aromatic carbocycles. The number of nitrogens with one attached hydrogen (secondary N) is 1. The van der Waals surface area contributed by atoms with E-state index in [1.807, 2.05) is 0 Å². The minimum Gasteiger partial charge on any atom is -0.394 e. The Kier molecular flexibility index (Phi) is 4.72. The summed E-state index contributed by atoms with van der Waals surface area (Å²) < 4.78 is 22.9. The van der Waals surface area contributed by atoms with Gasteiger partial charge in [-0.1, -0.05) is 11.6 Å². The molecule has 0 spiro atoms. The van der Waals surface area contributed by atoms with Gasteiger partial charge in [-0.25, -0.2) is 8.42 Å². The summed E-state index contributed by atoms with van der Waals surface area (Å²) in [5.74, 6) is -0.460. The summed E-state index contributed by atoms with van der Waals surface area (Å²) in [5, 5.41) is 11.4. The van der Waals surface area contributed by atoms with Crippen LogP contribution in [0.2, 0.25) is 5.02 Å². The number of rotatable bonds is 4. The van der Waals surface area contributed by atoms with E-state index in [0.29, 0.717) is 0 Å². The third-order valence-electron chi connectivity index (χ3n) is 2.24. The first-order valence-corrected chi connectivity index (χ1v) is 7.44. The molecule has 0 saturated heterocycles. The van der Waals surface area contributed by atoms with Gasteiger partial charge in [0.15, 0.2) is 9.84 Å². The van der Waals surface area contributed by atoms with Crippen molar-refractivity contribution in [2.24, 2.45) is 0 Å². The predicted octanol–water partition coefficient (Wildman–Crippen LogP) is 0.854. The smallest absolute Gasteiger partial charge is 0.251 e. The lowest BCUT2D eigenvalue weighted by molar-refractivity contribution is 0.0922. The molecule has 1 amide bonds. The Bertz CT molecular complexity index is 556. The van der Waals surface area contributed by atoms with Crippen molar-refractivity contribution in [3.8, 4) is 0 Å². The van der Waals surface area contributed by atoms with Crippen molar-refractivity contribution in [2.75, 3.05) is 12.9 Å². The number of carbonyl (C=O) groups excluding carboxylic acids is 1. The summed E-state index contributed by atoms with van der Waals surface area (Å²) >= 11 is 5.77. The van der Waals surface area contributed by atoms with Gasteiger partial charge in [0.25, 0.3) is 5.91 Å². The monoisotopic (exact) mass is 291 g/mol. The maximum Gasteiger partial charge on any atom is 0.251 e. The van der Waals surface area contributed by atoms with Gasteiger partial charge < -0.3 is 10.4 Å². The minimum absolute atomic E-state index is 0.0734. The molecule has 1 aromatic rings. The van der Waals surface area contributed by atoms with Crippen LogP contribution >= 0.6 is 11.6 Å². The van der Waals surface area contributed by atoms with E-state index in [1.54, 1.807) is 6.92 Å². The van der Waals surface area contributed by atoms with E-state index < -0.39 is 21.8 Å². The molecular formula is C11H14ClNO4S. The van der Waals surface area contributed by atoms with Gasteiger partial charge in [0.2, 0.25) is 0 Å². The van der Waals surface area contributed by atoms with Crippen LogP contribution in [-0.2, 0) is 9.84 Å². The molecule has 100 valence electrons. The zero-order valence-electron chi connectivity index (χ0n) is 9.97. The first-order valence-electron chi connectivity index (χ1n) is 5.17. The van der Waals surface area contributed by atoms with Crippen molar-refractivity contribution in [1.29, 1.82) is 0 Å². The highest BCUT2D eigenvalue weighted by molar-refractivity contribution is 7.90. The molecule has 18 heavy (non-hydrogen) atoms. The molecule has 0 unspecified atom stereocenters. The Morgan fingerprint density at radius 1 is 1.50 bits per heavy atom. The molecular weight excluding hydrogens is 278 g/mol. The van der Waals surface area contributed by atoms with Crippen LogP contribution in [0.4, 0.5) is 0 Å². The second-order valence-electron chi connectivity index (χ2n) is 3.97. The topological polar surface area (TPSA) is 83.5 Å². The maximum atomic E-state index is 11.7. The van der Waals surface area contributed by atoms with Crippen LogP contribution in [0.5, 0.6) is 0 Å². The summed E-state index contributed by atoms with van der Waals surface area (Å²) in [5.41, 5.74) is 0.181. The Hall–Kier alpha value is -1.11. The molecule has 0 aliphatic carbocycles. The maximum absolute atomic E-state index is 11.7. The van der Waals surface area contributed by atoms with Crippen LogP contribution in [0.15, 0.2) is 23.1 Å². The zero-order chi connectivity index (χ0) is 13.9. The van der Waals surface area contributed by atoms with Gasteiger partial charge in [-0.3, -0.25) is 4.79 Å². The Morgan fingerprint density at radius 3 is 2.61 bits per heavy atom. The number of halogens is 1. The van der Waals surface area contributed by atoms with Gasteiger partial charge in [0, 0.05) is 17.9 Å². The molecule has 0 aliphatic rings. The van der Waals surface area contributed by atoms with Crippen molar-refractivity contribution in [2.45, 2.75) is 17.9 Å². The summed E-state index contributed by atoms with van der Waals surface area (Å²) in [7, 11) is -3.48. The van der Waals surface area contributed by atoms with Crippen molar-refractivity contribution in [3.05, 3.63) is 28.8 Å². The van der Waals surface area contributed by atoms with E-state index in [0.717, 1.165) is 6.26 Å². The molecule has 1 atom stereocenters. The van der Waals surface area contributed by atoms with E-state index in [2.05, 4.69) is 5.32 Å². The van der Waals surface area contributed by atoms with Crippen molar-refractivity contribution < 1.29 is 18.3 Å². The van der Waals surface area contributed by atoms with Crippen LogP contribution in [-0.4, -0.2) is 38.3 Å². The third-order valence-corrected chi connectivity index (χ3v) is 3.82. The Labute approximate surface area is 111 Å². The lowest BCUT2D eigenvalue weighted by Gasteiger charge is -2.11. The Morgan fingerprint density at radius 2 is 2.11 bits per heavy atom. The van der Waals surface area contributed by atoms with Gasteiger partial charge in [0.05, 0.1) is 16.5 Å². The number of amides is 1. The summed E-state index contributed by atoms with van der Waals surface area (Å²) in [6.07, 6.45) is 1.02. The second-order valence-corrected chi connectivity index (χ2v) is 6.37. The van der Waals surface area contributed by atoms with Crippen LogP contribution in [0.25, 0.3) is 0 Å². The fourth-order valence-electron chi connectivity index (χ4n) is 1.28. The molecule has 0 saturated carbocycles. The first kappa shape index (κ1) is 14.9. The molecule has 0 radical (unpaired) electrons.